The van der Waals surface area contributed by atoms with Crippen molar-refractivity contribution in [1.29, 1.82) is 0 Å². The molecular formula is C11H12ClN3. The van der Waals surface area contributed by atoms with Crippen molar-refractivity contribution in [2.75, 3.05) is 0 Å². The van der Waals surface area contributed by atoms with Crippen LogP contribution >= 0.6 is 11.6 Å². The van der Waals surface area contributed by atoms with Gasteiger partial charge in [-0.3, -0.25) is 0 Å². The maximum absolute atomic E-state index is 5.98. The molecule has 3 aliphatic rings. The molecule has 0 bridgehead atoms. The fraction of sp³-hybridized carbons (Fsp3) is 0.545. The van der Waals surface area contributed by atoms with Gasteiger partial charge in [0, 0.05) is 12.1 Å². The number of aliphatic imine (C=N–C) groups is 3. The van der Waals surface area contributed by atoms with E-state index in [-0.39, 0.29) is 0 Å². The van der Waals surface area contributed by atoms with Crippen LogP contribution in [0.5, 0.6) is 0 Å². The lowest BCUT2D eigenvalue weighted by Gasteiger charge is -2.22. The van der Waals surface area contributed by atoms with E-state index in [9.17, 15) is 0 Å². The van der Waals surface area contributed by atoms with Crippen LogP contribution in [0, 0.1) is 11.8 Å². The molecule has 0 amide bonds. The highest BCUT2D eigenvalue weighted by molar-refractivity contribution is 6.35. The third-order valence-electron chi connectivity index (χ3n) is 3.39. The van der Waals surface area contributed by atoms with Gasteiger partial charge in [0.2, 0.25) is 0 Å². The van der Waals surface area contributed by atoms with Crippen molar-refractivity contribution < 1.29 is 0 Å². The second kappa shape index (κ2) is 3.56. The topological polar surface area (TPSA) is 37.1 Å². The number of hydrogen-bond donors (Lipinski definition) is 0. The SMILES string of the molecule is ClC1=C2N=CN=C2C(C2CCCC2)C=N1. The Morgan fingerprint density at radius 1 is 1.20 bits per heavy atom. The van der Waals surface area contributed by atoms with E-state index in [2.05, 4.69) is 15.0 Å². The molecule has 1 unspecified atom stereocenters. The Labute approximate surface area is 93.7 Å². The second-order valence-electron chi connectivity index (χ2n) is 4.25. The van der Waals surface area contributed by atoms with Crippen LogP contribution in [-0.4, -0.2) is 18.3 Å². The number of fused-ring (bicyclic) bond motifs is 1. The summed E-state index contributed by atoms with van der Waals surface area (Å²) in [5.41, 5.74) is 1.82. The van der Waals surface area contributed by atoms with Crippen molar-refractivity contribution in [2.24, 2.45) is 26.8 Å². The van der Waals surface area contributed by atoms with Gasteiger partial charge in [0.25, 0.3) is 0 Å². The Hall–Kier alpha value is -0.960. The minimum Gasteiger partial charge on any atom is -0.246 e. The standard InChI is InChI=1S/C11H12ClN3/c12-11-10-9(14-6-15-10)8(5-13-11)7-3-1-2-4-7/h5-8H,1-4H2. The van der Waals surface area contributed by atoms with E-state index in [0.29, 0.717) is 17.0 Å². The normalized spacial score (nSPS) is 29.9. The molecule has 4 heteroatoms. The van der Waals surface area contributed by atoms with E-state index < -0.39 is 0 Å². The Morgan fingerprint density at radius 2 is 2.00 bits per heavy atom. The van der Waals surface area contributed by atoms with Crippen LogP contribution in [-0.2, 0) is 0 Å². The summed E-state index contributed by atoms with van der Waals surface area (Å²) in [6, 6.07) is 0. The lowest BCUT2D eigenvalue weighted by Crippen LogP contribution is -2.26. The van der Waals surface area contributed by atoms with Crippen molar-refractivity contribution in [3.8, 4) is 0 Å². The minimum absolute atomic E-state index is 0.340. The molecule has 2 heterocycles. The number of hydrogen-bond acceptors (Lipinski definition) is 3. The maximum atomic E-state index is 5.98. The van der Waals surface area contributed by atoms with Crippen LogP contribution in [0.15, 0.2) is 25.8 Å². The van der Waals surface area contributed by atoms with Crippen molar-refractivity contribution >= 4 is 29.9 Å². The van der Waals surface area contributed by atoms with Crippen LogP contribution in [0.25, 0.3) is 0 Å². The lowest BCUT2D eigenvalue weighted by molar-refractivity contribution is 0.515. The summed E-state index contributed by atoms with van der Waals surface area (Å²) in [6.07, 6.45) is 8.76. The molecule has 1 fully saturated rings. The first kappa shape index (κ1) is 9.28. The molecule has 2 aliphatic heterocycles. The van der Waals surface area contributed by atoms with E-state index in [1.807, 2.05) is 6.21 Å². The Bertz CT molecular complexity index is 400. The summed E-state index contributed by atoms with van der Waals surface area (Å²) >= 11 is 5.98. The molecule has 15 heavy (non-hydrogen) atoms. The van der Waals surface area contributed by atoms with Gasteiger partial charge in [-0.05, 0) is 18.8 Å². The van der Waals surface area contributed by atoms with E-state index in [1.54, 1.807) is 6.34 Å². The molecule has 0 radical (unpaired) electrons. The van der Waals surface area contributed by atoms with Gasteiger partial charge in [-0.2, -0.15) is 0 Å². The monoisotopic (exact) mass is 221 g/mol. The average Bonchev–Trinajstić information content (AvgIpc) is 2.88. The van der Waals surface area contributed by atoms with E-state index in [1.165, 1.54) is 25.7 Å². The second-order valence-corrected chi connectivity index (χ2v) is 4.60. The summed E-state index contributed by atoms with van der Waals surface area (Å²) in [5.74, 6) is 1.03. The predicted octanol–water partition coefficient (Wildman–Crippen LogP) is 2.77. The van der Waals surface area contributed by atoms with Gasteiger partial charge in [0.15, 0.2) is 5.16 Å². The molecule has 1 atom stereocenters. The fourth-order valence-electron chi connectivity index (χ4n) is 2.62. The van der Waals surface area contributed by atoms with Crippen LogP contribution < -0.4 is 0 Å². The molecule has 0 spiro atoms. The van der Waals surface area contributed by atoms with Gasteiger partial charge in [-0.15, -0.1) is 0 Å². The summed E-state index contributed by atoms with van der Waals surface area (Å²) in [7, 11) is 0. The molecule has 78 valence electrons. The molecule has 0 aromatic heterocycles. The predicted molar refractivity (Wildman–Crippen MR) is 62.7 cm³/mol. The zero-order chi connectivity index (χ0) is 10.3. The van der Waals surface area contributed by atoms with Gasteiger partial charge >= 0.3 is 0 Å². The zero-order valence-electron chi connectivity index (χ0n) is 8.36. The van der Waals surface area contributed by atoms with Crippen LogP contribution in [0.4, 0.5) is 0 Å². The number of rotatable bonds is 1. The largest absolute Gasteiger partial charge is 0.246 e. The molecule has 0 aromatic rings. The smallest absolute Gasteiger partial charge is 0.156 e. The first-order valence-corrected chi connectivity index (χ1v) is 5.78. The van der Waals surface area contributed by atoms with Crippen molar-refractivity contribution in [3.63, 3.8) is 0 Å². The van der Waals surface area contributed by atoms with Crippen molar-refractivity contribution in [2.45, 2.75) is 25.7 Å². The van der Waals surface area contributed by atoms with E-state index in [4.69, 9.17) is 11.6 Å². The van der Waals surface area contributed by atoms with Gasteiger partial charge in [-0.25, -0.2) is 15.0 Å². The average molecular weight is 222 g/mol. The summed E-state index contributed by atoms with van der Waals surface area (Å²) < 4.78 is 0. The maximum Gasteiger partial charge on any atom is 0.156 e. The summed E-state index contributed by atoms with van der Waals surface area (Å²) in [6.45, 7) is 0. The van der Waals surface area contributed by atoms with Gasteiger partial charge in [-0.1, -0.05) is 24.4 Å². The highest BCUT2D eigenvalue weighted by Crippen LogP contribution is 2.36. The highest BCUT2D eigenvalue weighted by Gasteiger charge is 2.33. The fourth-order valence-corrected chi connectivity index (χ4v) is 2.82. The minimum atomic E-state index is 0.340. The van der Waals surface area contributed by atoms with Crippen LogP contribution in [0.1, 0.15) is 25.7 Å². The number of nitrogens with zero attached hydrogens (tertiary/aromatic N) is 3. The zero-order valence-corrected chi connectivity index (χ0v) is 9.11. The number of halogens is 1. The van der Waals surface area contributed by atoms with Gasteiger partial charge < -0.3 is 0 Å². The number of allylic oxidation sites excluding steroid dienone is 1. The molecule has 3 nitrogen and oxygen atoms in total. The quantitative estimate of drug-likeness (QED) is 0.611. The first-order chi connectivity index (χ1) is 7.36. The summed E-state index contributed by atoms with van der Waals surface area (Å²) in [4.78, 5) is 12.7. The Balaban J connectivity index is 1.92. The van der Waals surface area contributed by atoms with Crippen molar-refractivity contribution in [1.82, 2.24) is 0 Å². The van der Waals surface area contributed by atoms with E-state index in [0.717, 1.165) is 11.4 Å². The molecular weight excluding hydrogens is 210 g/mol. The van der Waals surface area contributed by atoms with Crippen LogP contribution in [0.2, 0.25) is 0 Å². The molecule has 0 N–H and O–H groups in total. The van der Waals surface area contributed by atoms with Gasteiger partial charge in [0.05, 0.1) is 5.71 Å². The van der Waals surface area contributed by atoms with Gasteiger partial charge in [0.1, 0.15) is 12.0 Å². The third kappa shape index (κ3) is 1.46. The van der Waals surface area contributed by atoms with Crippen LogP contribution in [0.3, 0.4) is 0 Å². The lowest BCUT2D eigenvalue weighted by atomic mass is 9.86. The summed E-state index contributed by atoms with van der Waals surface area (Å²) in [5, 5.41) is 0.483. The molecule has 3 rings (SSSR count). The Morgan fingerprint density at radius 3 is 2.80 bits per heavy atom. The first-order valence-electron chi connectivity index (χ1n) is 5.41. The van der Waals surface area contributed by atoms with Crippen molar-refractivity contribution in [3.05, 3.63) is 10.9 Å². The van der Waals surface area contributed by atoms with E-state index >= 15 is 0 Å². The molecule has 1 saturated carbocycles. The highest BCUT2D eigenvalue weighted by atomic mass is 35.5. The Kier molecular flexibility index (Phi) is 2.20. The molecule has 0 aromatic carbocycles. The third-order valence-corrected chi connectivity index (χ3v) is 3.67. The molecule has 1 aliphatic carbocycles. The molecule has 0 saturated heterocycles.